The van der Waals surface area contributed by atoms with Crippen molar-refractivity contribution in [3.63, 3.8) is 0 Å². The van der Waals surface area contributed by atoms with Gasteiger partial charge in [0.2, 0.25) is 5.95 Å². The number of halogens is 1. The predicted octanol–water partition coefficient (Wildman–Crippen LogP) is 2.60. The number of hydrogen-bond acceptors (Lipinski definition) is 4. The van der Waals surface area contributed by atoms with E-state index in [1.807, 2.05) is 18.3 Å². The molecule has 2 aromatic rings. The Hall–Kier alpha value is -1.14. The van der Waals surface area contributed by atoms with Crippen LogP contribution in [0.25, 0.3) is 5.65 Å². The minimum atomic E-state index is -0.308. The van der Waals surface area contributed by atoms with Gasteiger partial charge in [0.1, 0.15) is 0 Å². The molecule has 102 valence electrons. The average Bonchev–Trinajstić information content (AvgIpc) is 2.70. The maximum absolute atomic E-state index is 10.1. The van der Waals surface area contributed by atoms with Crippen molar-refractivity contribution in [2.24, 2.45) is 0 Å². The topological polar surface area (TPSA) is 62.5 Å². The maximum atomic E-state index is 10.1. The normalized spacial score (nSPS) is 24.3. The molecule has 0 aliphatic heterocycles. The van der Waals surface area contributed by atoms with Gasteiger partial charge in [-0.15, -0.1) is 5.10 Å². The smallest absolute Gasteiger partial charge is 0.243 e. The summed E-state index contributed by atoms with van der Waals surface area (Å²) in [7, 11) is 0. The van der Waals surface area contributed by atoms with Gasteiger partial charge in [-0.05, 0) is 40.9 Å². The molecule has 19 heavy (non-hydrogen) atoms. The van der Waals surface area contributed by atoms with Crippen molar-refractivity contribution in [2.45, 2.75) is 44.2 Å². The largest absolute Gasteiger partial charge is 0.391 e. The van der Waals surface area contributed by atoms with E-state index in [1.165, 1.54) is 6.42 Å². The van der Waals surface area contributed by atoms with Gasteiger partial charge in [-0.1, -0.05) is 19.3 Å². The second-order valence-corrected chi connectivity index (χ2v) is 5.87. The number of anilines is 1. The van der Waals surface area contributed by atoms with E-state index in [0.29, 0.717) is 5.95 Å². The molecule has 0 bridgehead atoms. The van der Waals surface area contributed by atoms with Crippen LogP contribution in [0.3, 0.4) is 0 Å². The summed E-state index contributed by atoms with van der Waals surface area (Å²) in [5.74, 6) is 0.581. The van der Waals surface area contributed by atoms with Gasteiger partial charge in [-0.3, -0.25) is 0 Å². The fourth-order valence-corrected chi connectivity index (χ4v) is 2.98. The van der Waals surface area contributed by atoms with E-state index in [-0.39, 0.29) is 12.1 Å². The minimum absolute atomic E-state index is 0.0543. The zero-order chi connectivity index (χ0) is 13.2. The summed E-state index contributed by atoms with van der Waals surface area (Å²) in [6, 6.07) is 3.91. The standard InChI is InChI=1S/C13H17BrN4O/c14-9-5-4-8-18-12(9)16-13(17-18)15-10-6-2-1-3-7-11(10)19/h4-5,8,10-11,19H,1-3,6-7H2,(H,15,17). The quantitative estimate of drug-likeness (QED) is 0.833. The fourth-order valence-electron chi connectivity index (χ4n) is 2.56. The lowest BCUT2D eigenvalue weighted by Crippen LogP contribution is -2.32. The molecule has 1 aliphatic rings. The van der Waals surface area contributed by atoms with Crippen molar-refractivity contribution in [1.82, 2.24) is 14.6 Å². The molecular formula is C13H17BrN4O. The number of fused-ring (bicyclic) bond motifs is 1. The lowest BCUT2D eigenvalue weighted by molar-refractivity contribution is 0.144. The van der Waals surface area contributed by atoms with Gasteiger partial charge in [0, 0.05) is 6.20 Å². The molecule has 0 saturated heterocycles. The molecule has 1 saturated carbocycles. The SMILES string of the molecule is OC1CCCCCC1Nc1nc2c(Br)cccn2n1. The van der Waals surface area contributed by atoms with E-state index in [0.717, 1.165) is 35.8 Å². The van der Waals surface area contributed by atoms with Crippen LogP contribution in [0.5, 0.6) is 0 Å². The van der Waals surface area contributed by atoms with E-state index in [4.69, 9.17) is 0 Å². The maximum Gasteiger partial charge on any atom is 0.243 e. The summed E-state index contributed by atoms with van der Waals surface area (Å²) >= 11 is 3.46. The summed E-state index contributed by atoms with van der Waals surface area (Å²) in [5.41, 5.74) is 0.785. The van der Waals surface area contributed by atoms with Crippen molar-refractivity contribution >= 4 is 27.5 Å². The van der Waals surface area contributed by atoms with Gasteiger partial charge < -0.3 is 10.4 Å². The third-order valence-corrected chi connectivity index (χ3v) is 4.23. The zero-order valence-electron chi connectivity index (χ0n) is 10.6. The number of rotatable bonds is 2. The van der Waals surface area contributed by atoms with Crippen molar-refractivity contribution in [3.8, 4) is 0 Å². The van der Waals surface area contributed by atoms with Gasteiger partial charge in [-0.2, -0.15) is 4.98 Å². The first kappa shape index (κ1) is 12.9. The fraction of sp³-hybridized carbons (Fsp3) is 0.538. The lowest BCUT2D eigenvalue weighted by atomic mass is 10.1. The Morgan fingerprint density at radius 2 is 2.16 bits per heavy atom. The Balaban J connectivity index is 1.82. The van der Waals surface area contributed by atoms with Crippen LogP contribution >= 0.6 is 15.9 Å². The highest BCUT2D eigenvalue weighted by Gasteiger charge is 2.22. The third kappa shape index (κ3) is 2.74. The van der Waals surface area contributed by atoms with Crippen LogP contribution in [0.4, 0.5) is 5.95 Å². The van der Waals surface area contributed by atoms with Crippen LogP contribution in [-0.2, 0) is 0 Å². The highest BCUT2D eigenvalue weighted by atomic mass is 79.9. The molecule has 2 heterocycles. The second-order valence-electron chi connectivity index (χ2n) is 5.02. The molecule has 5 nitrogen and oxygen atoms in total. The average molecular weight is 325 g/mol. The van der Waals surface area contributed by atoms with E-state index in [9.17, 15) is 5.11 Å². The summed E-state index contributed by atoms with van der Waals surface area (Å²) in [6.45, 7) is 0. The monoisotopic (exact) mass is 324 g/mol. The Morgan fingerprint density at radius 1 is 1.32 bits per heavy atom. The number of aliphatic hydroxyl groups is 1. The van der Waals surface area contributed by atoms with E-state index < -0.39 is 0 Å². The second kappa shape index (κ2) is 5.46. The molecule has 2 atom stereocenters. The van der Waals surface area contributed by atoms with Crippen molar-refractivity contribution in [2.75, 3.05) is 5.32 Å². The zero-order valence-corrected chi connectivity index (χ0v) is 12.2. The van der Waals surface area contributed by atoms with Crippen LogP contribution in [0.1, 0.15) is 32.1 Å². The number of aromatic nitrogens is 3. The number of aliphatic hydroxyl groups excluding tert-OH is 1. The molecule has 0 aromatic carbocycles. The summed E-state index contributed by atoms with van der Waals surface area (Å²) in [4.78, 5) is 4.45. The lowest BCUT2D eigenvalue weighted by Gasteiger charge is -2.20. The van der Waals surface area contributed by atoms with E-state index in [2.05, 4.69) is 31.3 Å². The summed E-state index contributed by atoms with van der Waals surface area (Å²) < 4.78 is 2.65. The number of pyridine rings is 1. The van der Waals surface area contributed by atoms with Crippen LogP contribution in [0, 0.1) is 0 Å². The third-order valence-electron chi connectivity index (χ3n) is 3.61. The highest BCUT2D eigenvalue weighted by Crippen LogP contribution is 2.22. The van der Waals surface area contributed by atoms with Crippen molar-refractivity contribution in [1.29, 1.82) is 0 Å². The Labute approximate surface area is 120 Å². The van der Waals surface area contributed by atoms with Crippen molar-refractivity contribution in [3.05, 3.63) is 22.8 Å². The van der Waals surface area contributed by atoms with Crippen LogP contribution in [0.15, 0.2) is 22.8 Å². The number of hydrogen-bond donors (Lipinski definition) is 2. The molecule has 6 heteroatoms. The van der Waals surface area contributed by atoms with Gasteiger partial charge in [0.05, 0.1) is 16.6 Å². The Morgan fingerprint density at radius 3 is 3.00 bits per heavy atom. The molecule has 0 radical (unpaired) electrons. The van der Waals surface area contributed by atoms with E-state index in [1.54, 1.807) is 4.52 Å². The first-order chi connectivity index (χ1) is 9.24. The molecule has 0 spiro atoms. The number of nitrogens with zero attached hydrogens (tertiary/aromatic N) is 3. The Bertz CT molecular complexity index is 571. The van der Waals surface area contributed by atoms with Gasteiger partial charge >= 0.3 is 0 Å². The van der Waals surface area contributed by atoms with Crippen LogP contribution < -0.4 is 5.32 Å². The predicted molar refractivity (Wildman–Crippen MR) is 77.2 cm³/mol. The first-order valence-corrected chi connectivity index (χ1v) is 7.49. The van der Waals surface area contributed by atoms with Gasteiger partial charge in [0.15, 0.2) is 5.65 Å². The molecule has 2 unspecified atom stereocenters. The Kier molecular flexibility index (Phi) is 3.70. The first-order valence-electron chi connectivity index (χ1n) is 6.69. The molecule has 0 amide bonds. The minimum Gasteiger partial charge on any atom is -0.391 e. The van der Waals surface area contributed by atoms with Gasteiger partial charge in [-0.25, -0.2) is 4.52 Å². The summed E-state index contributed by atoms with van der Waals surface area (Å²) in [6.07, 6.45) is 6.82. The molecule has 1 fully saturated rings. The van der Waals surface area contributed by atoms with E-state index >= 15 is 0 Å². The van der Waals surface area contributed by atoms with Crippen LogP contribution in [0.2, 0.25) is 0 Å². The van der Waals surface area contributed by atoms with Gasteiger partial charge in [0.25, 0.3) is 0 Å². The highest BCUT2D eigenvalue weighted by molar-refractivity contribution is 9.10. The molecule has 3 rings (SSSR count). The molecule has 2 N–H and O–H groups in total. The molecule has 1 aliphatic carbocycles. The molecular weight excluding hydrogens is 308 g/mol. The summed E-state index contributed by atoms with van der Waals surface area (Å²) in [5, 5.41) is 17.8. The molecule has 2 aromatic heterocycles. The van der Waals surface area contributed by atoms with Crippen LogP contribution in [-0.4, -0.2) is 31.9 Å². The number of nitrogens with one attached hydrogen (secondary N) is 1. The van der Waals surface area contributed by atoms with Crippen molar-refractivity contribution < 1.29 is 5.11 Å².